The first-order valence-electron chi connectivity index (χ1n) is 8.92. The molecule has 0 aliphatic carbocycles. The molecule has 3 heterocycles. The number of hydrogen-bond donors (Lipinski definition) is 1. The summed E-state index contributed by atoms with van der Waals surface area (Å²) < 4.78 is 3.54. The number of carbonyl (C=O) groups excluding carboxylic acids is 1. The number of fused-ring (bicyclic) bond motifs is 1. The van der Waals surface area contributed by atoms with Crippen LogP contribution in [0.1, 0.15) is 28.5 Å². The zero-order valence-corrected chi connectivity index (χ0v) is 16.5. The Morgan fingerprint density at radius 3 is 2.82 bits per heavy atom. The summed E-state index contributed by atoms with van der Waals surface area (Å²) in [7, 11) is 0. The molecule has 3 aromatic heterocycles. The highest BCUT2D eigenvalue weighted by Crippen LogP contribution is 2.25. The second kappa shape index (κ2) is 7.09. The zero-order valence-electron chi connectivity index (χ0n) is 15.8. The van der Waals surface area contributed by atoms with E-state index >= 15 is 0 Å². The number of nitrogens with zero attached hydrogens (tertiary/aromatic N) is 5. The highest BCUT2D eigenvalue weighted by molar-refractivity contribution is 6.31. The Hall–Kier alpha value is -3.19. The van der Waals surface area contributed by atoms with Gasteiger partial charge in [0.2, 0.25) is 0 Å². The quantitative estimate of drug-likeness (QED) is 0.564. The van der Waals surface area contributed by atoms with Gasteiger partial charge in [0.05, 0.1) is 17.6 Å². The van der Waals surface area contributed by atoms with E-state index in [2.05, 4.69) is 20.5 Å². The lowest BCUT2D eigenvalue weighted by atomic mass is 10.2. The van der Waals surface area contributed by atoms with Crippen LogP contribution in [0.5, 0.6) is 0 Å². The molecule has 0 fully saturated rings. The number of rotatable bonds is 4. The van der Waals surface area contributed by atoms with Gasteiger partial charge in [-0.05, 0) is 44.5 Å². The molecule has 4 rings (SSSR count). The Bertz CT molecular complexity index is 1190. The number of carbonyl (C=O) groups is 1. The van der Waals surface area contributed by atoms with Crippen molar-refractivity contribution in [3.05, 3.63) is 64.7 Å². The van der Waals surface area contributed by atoms with Crippen LogP contribution in [0.25, 0.3) is 16.9 Å². The number of aryl methyl sites for hydroxylation is 3. The summed E-state index contributed by atoms with van der Waals surface area (Å²) in [5, 5.41) is 12.4. The fourth-order valence-electron chi connectivity index (χ4n) is 3.11. The molecular weight excluding hydrogens is 376 g/mol. The third kappa shape index (κ3) is 3.14. The van der Waals surface area contributed by atoms with Gasteiger partial charge < -0.3 is 5.32 Å². The predicted octanol–water partition coefficient (Wildman–Crippen LogP) is 4.14. The molecule has 0 bridgehead atoms. The average molecular weight is 395 g/mol. The minimum atomic E-state index is -0.286. The van der Waals surface area contributed by atoms with E-state index in [-0.39, 0.29) is 5.91 Å². The monoisotopic (exact) mass is 394 g/mol. The second-order valence-corrected chi connectivity index (χ2v) is 6.96. The number of hydrogen-bond acceptors (Lipinski definition) is 4. The van der Waals surface area contributed by atoms with E-state index in [4.69, 9.17) is 11.6 Å². The zero-order chi connectivity index (χ0) is 19.8. The first-order chi connectivity index (χ1) is 13.5. The van der Waals surface area contributed by atoms with Gasteiger partial charge in [-0.25, -0.2) is 9.50 Å². The molecular formula is C20H19ClN6O. The molecule has 7 nitrogen and oxygen atoms in total. The van der Waals surface area contributed by atoms with E-state index in [9.17, 15) is 4.79 Å². The van der Waals surface area contributed by atoms with Crippen LogP contribution in [-0.4, -0.2) is 30.3 Å². The van der Waals surface area contributed by atoms with E-state index in [1.54, 1.807) is 22.8 Å². The SMILES string of the molecule is CCn1cc(-c2ccnc3c(C(=O)Nc4cc(Cl)ccc4C)cnn23)c(C)n1. The molecule has 0 saturated carbocycles. The Labute approximate surface area is 167 Å². The van der Waals surface area contributed by atoms with Gasteiger partial charge >= 0.3 is 0 Å². The smallest absolute Gasteiger partial charge is 0.261 e. The Morgan fingerprint density at radius 1 is 1.25 bits per heavy atom. The topological polar surface area (TPSA) is 77.1 Å². The number of amides is 1. The molecule has 1 aromatic carbocycles. The van der Waals surface area contributed by atoms with Crippen molar-refractivity contribution in [1.29, 1.82) is 0 Å². The maximum absolute atomic E-state index is 12.9. The lowest BCUT2D eigenvalue weighted by Gasteiger charge is -2.08. The van der Waals surface area contributed by atoms with Gasteiger partial charge in [0.15, 0.2) is 5.65 Å². The molecule has 0 aliphatic rings. The van der Waals surface area contributed by atoms with Gasteiger partial charge in [0, 0.05) is 35.2 Å². The molecule has 0 saturated heterocycles. The summed E-state index contributed by atoms with van der Waals surface area (Å²) in [6.45, 7) is 6.67. The highest BCUT2D eigenvalue weighted by Gasteiger charge is 2.18. The van der Waals surface area contributed by atoms with Crippen LogP contribution in [-0.2, 0) is 6.54 Å². The molecule has 0 spiro atoms. The van der Waals surface area contributed by atoms with Crippen LogP contribution in [0.4, 0.5) is 5.69 Å². The van der Waals surface area contributed by atoms with Crippen LogP contribution in [0, 0.1) is 13.8 Å². The van der Waals surface area contributed by atoms with Gasteiger partial charge in [0.25, 0.3) is 5.91 Å². The van der Waals surface area contributed by atoms with Crippen LogP contribution >= 0.6 is 11.6 Å². The van der Waals surface area contributed by atoms with Gasteiger partial charge in [-0.2, -0.15) is 10.2 Å². The molecule has 0 unspecified atom stereocenters. The molecule has 1 N–H and O–H groups in total. The summed E-state index contributed by atoms with van der Waals surface area (Å²) in [6.07, 6.45) is 5.18. The van der Waals surface area contributed by atoms with Crippen molar-refractivity contribution in [2.75, 3.05) is 5.32 Å². The predicted molar refractivity (Wildman–Crippen MR) is 109 cm³/mol. The van der Waals surface area contributed by atoms with Crippen molar-refractivity contribution in [2.24, 2.45) is 0 Å². The van der Waals surface area contributed by atoms with Crippen molar-refractivity contribution in [1.82, 2.24) is 24.4 Å². The van der Waals surface area contributed by atoms with E-state index < -0.39 is 0 Å². The minimum absolute atomic E-state index is 0.286. The van der Waals surface area contributed by atoms with Crippen LogP contribution in [0.3, 0.4) is 0 Å². The summed E-state index contributed by atoms with van der Waals surface area (Å²) in [4.78, 5) is 17.2. The maximum atomic E-state index is 12.9. The highest BCUT2D eigenvalue weighted by atomic mass is 35.5. The summed E-state index contributed by atoms with van der Waals surface area (Å²) >= 11 is 6.05. The van der Waals surface area contributed by atoms with Crippen molar-refractivity contribution in [3.63, 3.8) is 0 Å². The Kier molecular flexibility index (Phi) is 4.60. The van der Waals surface area contributed by atoms with Crippen molar-refractivity contribution in [2.45, 2.75) is 27.3 Å². The Morgan fingerprint density at radius 2 is 2.07 bits per heavy atom. The molecule has 0 aliphatic heterocycles. The summed E-state index contributed by atoms with van der Waals surface area (Å²) in [5.41, 5.74) is 5.14. The first kappa shape index (κ1) is 18.2. The number of benzene rings is 1. The fourth-order valence-corrected chi connectivity index (χ4v) is 3.28. The average Bonchev–Trinajstić information content (AvgIpc) is 3.28. The lowest BCUT2D eigenvalue weighted by Crippen LogP contribution is -2.13. The van der Waals surface area contributed by atoms with E-state index in [1.807, 2.05) is 43.8 Å². The van der Waals surface area contributed by atoms with E-state index in [0.29, 0.717) is 21.9 Å². The number of aromatic nitrogens is 5. The molecule has 28 heavy (non-hydrogen) atoms. The Balaban J connectivity index is 1.74. The molecule has 0 radical (unpaired) electrons. The first-order valence-corrected chi connectivity index (χ1v) is 9.30. The largest absolute Gasteiger partial charge is 0.322 e. The number of nitrogens with one attached hydrogen (secondary N) is 1. The third-order valence-corrected chi connectivity index (χ3v) is 4.88. The van der Waals surface area contributed by atoms with Gasteiger partial charge in [-0.1, -0.05) is 17.7 Å². The number of halogens is 1. The normalized spacial score (nSPS) is 11.1. The van der Waals surface area contributed by atoms with E-state index in [0.717, 1.165) is 29.1 Å². The van der Waals surface area contributed by atoms with Crippen LogP contribution in [0.15, 0.2) is 42.9 Å². The maximum Gasteiger partial charge on any atom is 0.261 e. The third-order valence-electron chi connectivity index (χ3n) is 4.64. The second-order valence-electron chi connectivity index (χ2n) is 6.52. The molecule has 4 aromatic rings. The minimum Gasteiger partial charge on any atom is -0.322 e. The van der Waals surface area contributed by atoms with Gasteiger partial charge in [-0.3, -0.25) is 9.48 Å². The summed E-state index contributed by atoms with van der Waals surface area (Å²) in [6, 6.07) is 7.24. The van der Waals surface area contributed by atoms with E-state index in [1.165, 1.54) is 6.20 Å². The summed E-state index contributed by atoms with van der Waals surface area (Å²) in [5.74, 6) is -0.286. The number of anilines is 1. The standard InChI is InChI=1S/C20H19ClN6O/c1-4-26-11-16(13(3)25-26)18-7-8-22-19-15(10-23-27(18)19)20(28)24-17-9-14(21)6-5-12(17)2/h5-11H,4H2,1-3H3,(H,24,28). The van der Waals surface area contributed by atoms with Crippen molar-refractivity contribution >= 4 is 28.8 Å². The van der Waals surface area contributed by atoms with Crippen molar-refractivity contribution in [3.8, 4) is 11.3 Å². The van der Waals surface area contributed by atoms with Crippen molar-refractivity contribution < 1.29 is 4.79 Å². The molecule has 142 valence electrons. The van der Waals surface area contributed by atoms with Gasteiger partial charge in [0.1, 0.15) is 5.56 Å². The van der Waals surface area contributed by atoms with Crippen LogP contribution < -0.4 is 5.32 Å². The lowest BCUT2D eigenvalue weighted by molar-refractivity contribution is 0.102. The molecule has 8 heteroatoms. The fraction of sp³-hybridized carbons (Fsp3) is 0.200. The van der Waals surface area contributed by atoms with Crippen LogP contribution in [0.2, 0.25) is 5.02 Å². The molecule has 1 amide bonds. The molecule has 0 atom stereocenters. The van der Waals surface area contributed by atoms with Gasteiger partial charge in [-0.15, -0.1) is 0 Å².